The van der Waals surface area contributed by atoms with E-state index in [2.05, 4.69) is 34.6 Å². The lowest BCUT2D eigenvalue weighted by atomic mass is 10.1. The predicted molar refractivity (Wildman–Crippen MR) is 106 cm³/mol. The summed E-state index contributed by atoms with van der Waals surface area (Å²) in [6, 6.07) is 6.07. The Morgan fingerprint density at radius 2 is 2.07 bits per heavy atom. The minimum atomic E-state index is -2.57. The van der Waals surface area contributed by atoms with Crippen LogP contribution in [0.15, 0.2) is 24.3 Å². The Kier molecular flexibility index (Phi) is 5.03. The van der Waals surface area contributed by atoms with Crippen molar-refractivity contribution >= 4 is 21.3 Å². The third-order valence-corrected chi connectivity index (χ3v) is 5.31. The number of benzene rings is 1. The summed E-state index contributed by atoms with van der Waals surface area (Å²) in [7, 11) is -1.15. The first-order valence-corrected chi connectivity index (χ1v) is 10.7. The van der Waals surface area contributed by atoms with E-state index in [4.69, 9.17) is 9.47 Å². The molecule has 146 valence electrons. The van der Waals surface area contributed by atoms with E-state index in [1.165, 1.54) is 25.5 Å². The van der Waals surface area contributed by atoms with Crippen molar-refractivity contribution in [1.82, 2.24) is 10.2 Å². The summed E-state index contributed by atoms with van der Waals surface area (Å²) >= 11 is 0. The number of nitrogens with one attached hydrogen (secondary N) is 1. The standard InChI is InChI=1S/C19H24FN3O3S/c1-19(2)10-12(19)11-26-13-6-7-15(20)14(8-13)16-9-17(23-27(4,5)24)18(25-3)22-21-16/h6-9,12H,4,10-11H2,1-3,5H3,(H,21,23,24). The molecule has 1 saturated carbocycles. The molecule has 0 aliphatic heterocycles. The van der Waals surface area contributed by atoms with Crippen LogP contribution in [0.4, 0.5) is 10.1 Å². The SMILES string of the molecule is C=S(C)(=O)Nc1cc(-c2cc(OCC3CC3(C)C)ccc2F)nnc1OC. The number of hydrogen-bond donors (Lipinski definition) is 1. The van der Waals surface area contributed by atoms with Crippen LogP contribution in [0.1, 0.15) is 20.3 Å². The summed E-state index contributed by atoms with van der Waals surface area (Å²) in [5.41, 5.74) is 1.16. The van der Waals surface area contributed by atoms with E-state index in [9.17, 15) is 8.60 Å². The highest BCUT2D eigenvalue weighted by Crippen LogP contribution is 2.51. The Labute approximate surface area is 159 Å². The number of nitrogens with zero attached hydrogens (tertiary/aromatic N) is 2. The minimum absolute atomic E-state index is 0.153. The van der Waals surface area contributed by atoms with Gasteiger partial charge in [-0.25, -0.2) is 8.60 Å². The van der Waals surface area contributed by atoms with Crippen LogP contribution in [0.25, 0.3) is 11.3 Å². The monoisotopic (exact) mass is 393 g/mol. The molecule has 1 aliphatic carbocycles. The Bertz CT molecular complexity index is 961. The number of anilines is 1. The van der Waals surface area contributed by atoms with Crippen molar-refractivity contribution in [3.8, 4) is 22.9 Å². The molecular weight excluding hydrogens is 369 g/mol. The maximum absolute atomic E-state index is 14.4. The quantitative estimate of drug-likeness (QED) is 0.730. The molecule has 2 atom stereocenters. The van der Waals surface area contributed by atoms with Crippen LogP contribution in [0.5, 0.6) is 11.6 Å². The molecule has 2 aromatic rings. The van der Waals surface area contributed by atoms with Gasteiger partial charge in [0.05, 0.1) is 19.4 Å². The lowest BCUT2D eigenvalue weighted by Gasteiger charge is -2.13. The van der Waals surface area contributed by atoms with Gasteiger partial charge < -0.3 is 14.2 Å². The zero-order valence-corrected chi connectivity index (χ0v) is 16.7. The zero-order chi connectivity index (χ0) is 19.8. The van der Waals surface area contributed by atoms with Gasteiger partial charge in [-0.15, -0.1) is 10.2 Å². The van der Waals surface area contributed by atoms with E-state index in [0.29, 0.717) is 29.4 Å². The maximum atomic E-state index is 14.4. The van der Waals surface area contributed by atoms with Crippen LogP contribution in [0.3, 0.4) is 0 Å². The summed E-state index contributed by atoms with van der Waals surface area (Å²) in [5.74, 6) is 4.33. The van der Waals surface area contributed by atoms with Gasteiger partial charge in [-0.2, -0.15) is 0 Å². The van der Waals surface area contributed by atoms with Gasteiger partial charge >= 0.3 is 0 Å². The third kappa shape index (κ3) is 4.68. The van der Waals surface area contributed by atoms with Crippen molar-refractivity contribution < 1.29 is 18.1 Å². The first kappa shape index (κ1) is 19.4. The average molecular weight is 393 g/mol. The molecule has 1 heterocycles. The smallest absolute Gasteiger partial charge is 0.257 e. The normalized spacial score (nSPS) is 19.8. The molecule has 1 N–H and O–H groups in total. The highest BCUT2D eigenvalue weighted by Gasteiger charge is 2.45. The molecule has 2 unspecified atom stereocenters. The number of halogens is 1. The summed E-state index contributed by atoms with van der Waals surface area (Å²) in [6.45, 7) is 5.00. The molecule has 27 heavy (non-hydrogen) atoms. The van der Waals surface area contributed by atoms with Gasteiger partial charge in [-0.3, -0.25) is 0 Å². The zero-order valence-electron chi connectivity index (χ0n) is 15.9. The number of ether oxygens (including phenoxy) is 2. The highest BCUT2D eigenvalue weighted by molar-refractivity contribution is 8.00. The van der Waals surface area contributed by atoms with Gasteiger partial charge in [0, 0.05) is 21.5 Å². The van der Waals surface area contributed by atoms with Crippen LogP contribution < -0.4 is 14.2 Å². The minimum Gasteiger partial charge on any atom is -0.493 e. The Morgan fingerprint density at radius 1 is 1.37 bits per heavy atom. The molecule has 1 aromatic heterocycles. The molecule has 0 radical (unpaired) electrons. The second-order valence-electron chi connectivity index (χ2n) is 7.60. The molecule has 1 aliphatic rings. The van der Waals surface area contributed by atoms with E-state index < -0.39 is 15.5 Å². The largest absolute Gasteiger partial charge is 0.493 e. The lowest BCUT2D eigenvalue weighted by Crippen LogP contribution is -2.11. The van der Waals surface area contributed by atoms with E-state index >= 15 is 0 Å². The first-order chi connectivity index (χ1) is 12.6. The molecular formula is C19H24FN3O3S. The van der Waals surface area contributed by atoms with Crippen molar-refractivity contribution in [1.29, 1.82) is 0 Å². The van der Waals surface area contributed by atoms with Crippen molar-refractivity contribution in [3.63, 3.8) is 0 Å². The summed E-state index contributed by atoms with van der Waals surface area (Å²) in [4.78, 5) is 0. The highest BCUT2D eigenvalue weighted by atomic mass is 32.2. The van der Waals surface area contributed by atoms with E-state index in [-0.39, 0.29) is 17.1 Å². The second kappa shape index (κ2) is 6.99. The molecule has 8 heteroatoms. The summed E-state index contributed by atoms with van der Waals surface area (Å²) < 4.78 is 40.1. The van der Waals surface area contributed by atoms with Crippen molar-refractivity contribution in [2.45, 2.75) is 20.3 Å². The van der Waals surface area contributed by atoms with Crippen molar-refractivity contribution in [3.05, 3.63) is 30.1 Å². The van der Waals surface area contributed by atoms with Crippen LogP contribution >= 0.6 is 0 Å². The molecule has 0 saturated heterocycles. The molecule has 1 fully saturated rings. The van der Waals surface area contributed by atoms with Crippen LogP contribution in [0, 0.1) is 17.2 Å². The fourth-order valence-electron chi connectivity index (χ4n) is 2.82. The fraction of sp³-hybridized carbons (Fsp3) is 0.421. The topological polar surface area (TPSA) is 73.3 Å². The van der Waals surface area contributed by atoms with Gasteiger partial charge in [0.1, 0.15) is 17.3 Å². The molecule has 1 aromatic carbocycles. The van der Waals surface area contributed by atoms with Crippen LogP contribution in [-0.2, 0) is 9.71 Å². The van der Waals surface area contributed by atoms with Gasteiger partial charge in [-0.1, -0.05) is 13.8 Å². The van der Waals surface area contributed by atoms with Crippen molar-refractivity contribution in [2.24, 2.45) is 11.3 Å². The molecule has 0 bridgehead atoms. The summed E-state index contributed by atoms with van der Waals surface area (Å²) in [6.07, 6.45) is 2.57. The van der Waals surface area contributed by atoms with E-state index in [0.717, 1.165) is 6.42 Å². The maximum Gasteiger partial charge on any atom is 0.257 e. The van der Waals surface area contributed by atoms with E-state index in [1.54, 1.807) is 12.1 Å². The Hall–Kier alpha value is -2.35. The second-order valence-corrected chi connectivity index (χ2v) is 9.82. The number of rotatable bonds is 7. The van der Waals surface area contributed by atoms with Crippen LogP contribution in [0.2, 0.25) is 0 Å². The van der Waals surface area contributed by atoms with Gasteiger partial charge in [0.2, 0.25) is 0 Å². The summed E-state index contributed by atoms with van der Waals surface area (Å²) in [5, 5.41) is 7.96. The molecule has 3 rings (SSSR count). The molecule has 0 amide bonds. The number of methoxy groups -OCH3 is 1. The van der Waals surface area contributed by atoms with Gasteiger partial charge in [0.25, 0.3) is 5.88 Å². The Balaban J connectivity index is 1.88. The number of aromatic nitrogens is 2. The molecule has 0 spiro atoms. The lowest BCUT2D eigenvalue weighted by molar-refractivity contribution is 0.279. The van der Waals surface area contributed by atoms with Crippen LogP contribution in [-0.4, -0.2) is 40.2 Å². The third-order valence-electron chi connectivity index (χ3n) is 4.66. The predicted octanol–water partition coefficient (Wildman–Crippen LogP) is 3.39. The van der Waals surface area contributed by atoms with Gasteiger partial charge in [-0.05, 0) is 47.9 Å². The van der Waals surface area contributed by atoms with Crippen molar-refractivity contribution in [2.75, 3.05) is 24.7 Å². The molecule has 6 nitrogen and oxygen atoms in total. The van der Waals surface area contributed by atoms with E-state index in [1.807, 2.05) is 0 Å². The average Bonchev–Trinajstić information content (AvgIpc) is 3.19. The number of hydrogen-bond acceptors (Lipinski definition) is 5. The van der Waals surface area contributed by atoms with Gasteiger partial charge in [0.15, 0.2) is 0 Å². The first-order valence-electron chi connectivity index (χ1n) is 8.53. The fourth-order valence-corrected chi connectivity index (χ4v) is 3.43. The Morgan fingerprint density at radius 3 is 2.67 bits per heavy atom.